The lowest BCUT2D eigenvalue weighted by Gasteiger charge is -2.31. The fourth-order valence-corrected chi connectivity index (χ4v) is 2.41. The lowest BCUT2D eigenvalue weighted by atomic mass is 9.80. The average molecular weight is 372 g/mol. The number of ether oxygens (including phenoxy) is 1. The first-order valence-corrected chi connectivity index (χ1v) is 8.31. The summed E-state index contributed by atoms with van der Waals surface area (Å²) in [5, 5.41) is 12.6. The topological polar surface area (TPSA) is 58.6 Å². The Morgan fingerprint density at radius 1 is 1.27 bits per heavy atom. The Labute approximate surface area is 141 Å². The van der Waals surface area contributed by atoms with Crippen molar-refractivity contribution in [2.75, 3.05) is 13.2 Å². The molecule has 0 heterocycles. The molecule has 0 aliphatic carbocycles. The van der Waals surface area contributed by atoms with Gasteiger partial charge in [-0.1, -0.05) is 35.0 Å². The van der Waals surface area contributed by atoms with Crippen molar-refractivity contribution >= 4 is 22.0 Å². The highest BCUT2D eigenvalue weighted by Gasteiger charge is 2.29. The molecule has 124 valence electrons. The Hall–Kier alpha value is -1.07. The first kappa shape index (κ1) is 19.0. The summed E-state index contributed by atoms with van der Waals surface area (Å²) in [4.78, 5) is 11.8. The molecule has 0 saturated heterocycles. The highest BCUT2D eigenvalue weighted by Crippen LogP contribution is 2.27. The number of benzene rings is 1. The summed E-state index contributed by atoms with van der Waals surface area (Å²) in [6, 6.07) is 8.01. The van der Waals surface area contributed by atoms with Crippen molar-refractivity contribution in [1.29, 1.82) is 0 Å². The molecule has 1 aromatic carbocycles. The molecule has 1 aromatic rings. The van der Waals surface area contributed by atoms with Gasteiger partial charge < -0.3 is 15.2 Å². The number of carbonyl (C=O) groups is 1. The molecule has 0 radical (unpaired) electrons. The van der Waals surface area contributed by atoms with E-state index < -0.39 is 11.7 Å². The highest BCUT2D eigenvalue weighted by atomic mass is 79.9. The zero-order chi connectivity index (χ0) is 16.8. The number of alkyl carbamates (subject to hydrolysis) is 1. The van der Waals surface area contributed by atoms with Gasteiger partial charge in [0.05, 0.1) is 6.61 Å². The molecule has 22 heavy (non-hydrogen) atoms. The number of hydrogen-bond donors (Lipinski definition) is 2. The van der Waals surface area contributed by atoms with Crippen molar-refractivity contribution in [3.05, 3.63) is 34.3 Å². The molecular formula is C17H26BrNO3. The van der Waals surface area contributed by atoms with Crippen molar-refractivity contribution in [2.24, 2.45) is 5.41 Å². The molecule has 1 rings (SSSR count). The minimum absolute atomic E-state index is 0.00929. The zero-order valence-electron chi connectivity index (χ0n) is 13.8. The third kappa shape index (κ3) is 6.36. The maximum Gasteiger partial charge on any atom is 0.407 e. The number of rotatable bonds is 6. The van der Waals surface area contributed by atoms with E-state index in [1.165, 1.54) is 0 Å². The van der Waals surface area contributed by atoms with E-state index >= 15 is 0 Å². The number of aliphatic hydroxyl groups is 1. The lowest BCUT2D eigenvalue weighted by molar-refractivity contribution is 0.0461. The first-order valence-electron chi connectivity index (χ1n) is 7.52. The number of amides is 1. The molecule has 0 aliphatic rings. The van der Waals surface area contributed by atoms with Crippen molar-refractivity contribution in [3.63, 3.8) is 0 Å². The SMILES string of the molecule is CCC(CO)(CNC(=O)OC(C)(C)C)Cc1ccc(Br)cc1. The summed E-state index contributed by atoms with van der Waals surface area (Å²) in [5.41, 5.74) is 0.222. The van der Waals surface area contributed by atoms with Crippen LogP contribution in [0, 0.1) is 5.41 Å². The van der Waals surface area contributed by atoms with E-state index in [0.29, 0.717) is 13.0 Å². The quantitative estimate of drug-likeness (QED) is 0.796. The van der Waals surface area contributed by atoms with E-state index in [4.69, 9.17) is 4.74 Å². The molecule has 0 saturated carbocycles. The van der Waals surface area contributed by atoms with E-state index in [9.17, 15) is 9.90 Å². The number of hydrogen-bond acceptors (Lipinski definition) is 3. The van der Waals surface area contributed by atoms with E-state index in [1.807, 2.05) is 52.0 Å². The third-order valence-corrected chi connectivity index (χ3v) is 4.11. The van der Waals surface area contributed by atoms with Gasteiger partial charge in [0.25, 0.3) is 0 Å². The van der Waals surface area contributed by atoms with Gasteiger partial charge in [0, 0.05) is 16.4 Å². The molecule has 2 N–H and O–H groups in total. The zero-order valence-corrected chi connectivity index (χ0v) is 15.4. The molecule has 0 fully saturated rings. The van der Waals surface area contributed by atoms with Crippen LogP contribution in [0.25, 0.3) is 0 Å². The lowest BCUT2D eigenvalue weighted by Crippen LogP contribution is -2.43. The second-order valence-corrected chi connectivity index (χ2v) is 7.59. The maximum absolute atomic E-state index is 11.8. The van der Waals surface area contributed by atoms with E-state index in [2.05, 4.69) is 21.2 Å². The van der Waals surface area contributed by atoms with Gasteiger partial charge in [-0.05, 0) is 51.3 Å². The van der Waals surface area contributed by atoms with Crippen molar-refractivity contribution in [2.45, 2.75) is 46.1 Å². The summed E-state index contributed by atoms with van der Waals surface area (Å²) in [6.45, 7) is 7.89. The van der Waals surface area contributed by atoms with Crippen LogP contribution in [-0.2, 0) is 11.2 Å². The second-order valence-electron chi connectivity index (χ2n) is 6.67. The van der Waals surface area contributed by atoms with Crippen molar-refractivity contribution in [3.8, 4) is 0 Å². The van der Waals surface area contributed by atoms with E-state index in [-0.39, 0.29) is 12.0 Å². The normalized spacial score (nSPS) is 14.3. The van der Waals surface area contributed by atoms with Crippen molar-refractivity contribution in [1.82, 2.24) is 5.32 Å². The Kier molecular flexibility index (Phi) is 6.88. The van der Waals surface area contributed by atoms with Gasteiger partial charge in [-0.2, -0.15) is 0 Å². The minimum atomic E-state index is -0.524. The number of halogens is 1. The number of carbonyl (C=O) groups excluding carboxylic acids is 1. The summed E-state index contributed by atoms with van der Waals surface area (Å²) in [7, 11) is 0. The Bertz CT molecular complexity index is 476. The van der Waals surface area contributed by atoms with E-state index in [1.54, 1.807) is 0 Å². The van der Waals surface area contributed by atoms with Crippen LogP contribution in [-0.4, -0.2) is 30.0 Å². The first-order chi connectivity index (χ1) is 10.2. The molecule has 0 bridgehead atoms. The van der Waals surface area contributed by atoms with Crippen LogP contribution in [0.5, 0.6) is 0 Å². The van der Waals surface area contributed by atoms with Gasteiger partial charge in [-0.25, -0.2) is 4.79 Å². The smallest absolute Gasteiger partial charge is 0.407 e. The Morgan fingerprint density at radius 3 is 2.32 bits per heavy atom. The van der Waals surface area contributed by atoms with Crippen molar-refractivity contribution < 1.29 is 14.6 Å². The standard InChI is InChI=1S/C17H26BrNO3/c1-5-17(12-20,10-13-6-8-14(18)9-7-13)11-19-15(21)22-16(2,3)4/h6-9,20H,5,10-12H2,1-4H3,(H,19,21). The molecule has 1 unspecified atom stereocenters. The summed E-state index contributed by atoms with van der Waals surface area (Å²) >= 11 is 3.41. The summed E-state index contributed by atoms with van der Waals surface area (Å²) in [6.07, 6.45) is 1.01. The average Bonchev–Trinajstić information content (AvgIpc) is 2.44. The van der Waals surface area contributed by atoms with Gasteiger partial charge in [0.15, 0.2) is 0 Å². The fourth-order valence-electron chi connectivity index (χ4n) is 2.15. The van der Waals surface area contributed by atoms with Crippen LogP contribution in [0.4, 0.5) is 4.79 Å². The fraction of sp³-hybridized carbons (Fsp3) is 0.588. The van der Waals surface area contributed by atoms with Gasteiger partial charge in [-0.15, -0.1) is 0 Å². The Morgan fingerprint density at radius 2 is 1.86 bits per heavy atom. The molecule has 1 atom stereocenters. The number of nitrogens with one attached hydrogen (secondary N) is 1. The molecule has 0 spiro atoms. The highest BCUT2D eigenvalue weighted by molar-refractivity contribution is 9.10. The van der Waals surface area contributed by atoms with Crippen LogP contribution in [0.3, 0.4) is 0 Å². The second kappa shape index (κ2) is 7.97. The van der Waals surface area contributed by atoms with Crippen LogP contribution >= 0.6 is 15.9 Å². The largest absolute Gasteiger partial charge is 0.444 e. The van der Waals surface area contributed by atoms with Gasteiger partial charge >= 0.3 is 6.09 Å². The molecule has 1 amide bonds. The molecule has 0 aliphatic heterocycles. The summed E-state index contributed by atoms with van der Waals surface area (Å²) in [5.74, 6) is 0. The molecule has 0 aromatic heterocycles. The van der Waals surface area contributed by atoms with Gasteiger partial charge in [0.2, 0.25) is 0 Å². The predicted octanol–water partition coefficient (Wildman–Crippen LogP) is 3.91. The molecular weight excluding hydrogens is 346 g/mol. The maximum atomic E-state index is 11.8. The molecule has 5 heteroatoms. The Balaban J connectivity index is 2.70. The predicted molar refractivity (Wildman–Crippen MR) is 91.9 cm³/mol. The van der Waals surface area contributed by atoms with Gasteiger partial charge in [0.1, 0.15) is 5.60 Å². The summed E-state index contributed by atoms with van der Waals surface area (Å²) < 4.78 is 6.27. The van der Waals surface area contributed by atoms with Crippen LogP contribution in [0.2, 0.25) is 0 Å². The van der Waals surface area contributed by atoms with Crippen LogP contribution < -0.4 is 5.32 Å². The van der Waals surface area contributed by atoms with Gasteiger partial charge in [-0.3, -0.25) is 0 Å². The van der Waals surface area contributed by atoms with E-state index in [0.717, 1.165) is 16.5 Å². The monoisotopic (exact) mass is 371 g/mol. The number of aliphatic hydroxyl groups excluding tert-OH is 1. The third-order valence-electron chi connectivity index (χ3n) is 3.58. The van der Waals surface area contributed by atoms with Crippen LogP contribution in [0.15, 0.2) is 28.7 Å². The van der Waals surface area contributed by atoms with Crippen LogP contribution in [0.1, 0.15) is 39.7 Å². The minimum Gasteiger partial charge on any atom is -0.444 e. The molecule has 4 nitrogen and oxygen atoms in total.